The molecule has 0 bridgehead atoms. The second-order valence-corrected chi connectivity index (χ2v) is 7.74. The van der Waals surface area contributed by atoms with Crippen LogP contribution in [0.2, 0.25) is 0 Å². The molecule has 1 unspecified atom stereocenters. The summed E-state index contributed by atoms with van der Waals surface area (Å²) in [7, 11) is 1.59. The van der Waals surface area contributed by atoms with E-state index in [1.807, 2.05) is 55.6 Å². The summed E-state index contributed by atoms with van der Waals surface area (Å²) < 4.78 is 16.5. The summed E-state index contributed by atoms with van der Waals surface area (Å²) in [4.78, 5) is 20.1. The number of methoxy groups -OCH3 is 1. The number of carbonyl (C=O) groups is 1. The molecule has 1 atom stereocenters. The van der Waals surface area contributed by atoms with E-state index >= 15 is 0 Å². The van der Waals surface area contributed by atoms with Gasteiger partial charge in [-0.1, -0.05) is 11.2 Å². The van der Waals surface area contributed by atoms with Crippen molar-refractivity contribution in [1.82, 2.24) is 10.1 Å². The number of amides is 1. The van der Waals surface area contributed by atoms with Crippen molar-refractivity contribution in [2.45, 2.75) is 24.2 Å². The van der Waals surface area contributed by atoms with Crippen LogP contribution in [0.25, 0.3) is 11.4 Å². The van der Waals surface area contributed by atoms with Crippen molar-refractivity contribution in [1.29, 1.82) is 0 Å². The third-order valence-corrected chi connectivity index (χ3v) is 5.73. The molecule has 0 saturated carbocycles. The lowest BCUT2D eigenvalue weighted by Gasteiger charge is -2.16. The predicted octanol–water partition coefficient (Wildman–Crippen LogP) is 4.39. The van der Waals surface area contributed by atoms with Gasteiger partial charge in [0, 0.05) is 29.1 Å². The van der Waals surface area contributed by atoms with Gasteiger partial charge in [0.15, 0.2) is 11.5 Å². The van der Waals surface area contributed by atoms with Crippen molar-refractivity contribution in [3.05, 3.63) is 48.4 Å². The average molecular weight is 426 g/mol. The molecule has 3 aromatic rings. The highest BCUT2D eigenvalue weighted by Crippen LogP contribution is 2.35. The molecule has 4 rings (SSSR count). The Balaban J connectivity index is 1.54. The third-order valence-electron chi connectivity index (χ3n) is 5.00. The maximum absolute atomic E-state index is 12.6. The average Bonchev–Trinajstić information content (AvgIpc) is 3.41. The summed E-state index contributed by atoms with van der Waals surface area (Å²) in [5.74, 6) is 2.12. The van der Waals surface area contributed by atoms with Gasteiger partial charge in [-0.3, -0.25) is 4.79 Å². The minimum atomic E-state index is -0.138. The fraction of sp³-hybridized carbons (Fsp3) is 0.318. The number of carbonyl (C=O) groups excluding carboxylic acids is 1. The third kappa shape index (κ3) is 4.00. The Hall–Kier alpha value is -3.00. The van der Waals surface area contributed by atoms with E-state index < -0.39 is 0 Å². The zero-order valence-corrected chi connectivity index (χ0v) is 17.9. The second-order valence-electron chi connectivity index (χ2n) is 6.86. The molecule has 156 valence electrons. The van der Waals surface area contributed by atoms with E-state index in [4.69, 9.17) is 14.0 Å². The first-order valence-electron chi connectivity index (χ1n) is 9.72. The molecule has 8 heteroatoms. The lowest BCUT2D eigenvalue weighted by Crippen LogP contribution is -2.24. The molecule has 0 aliphatic carbocycles. The molecule has 0 N–H and O–H groups in total. The van der Waals surface area contributed by atoms with Gasteiger partial charge in [0.1, 0.15) is 0 Å². The molecule has 2 aromatic carbocycles. The highest BCUT2D eigenvalue weighted by Gasteiger charge is 2.35. The first kappa shape index (κ1) is 20.3. The predicted molar refractivity (Wildman–Crippen MR) is 115 cm³/mol. The van der Waals surface area contributed by atoms with E-state index in [0.29, 0.717) is 42.8 Å². The highest BCUT2D eigenvalue weighted by molar-refractivity contribution is 7.98. The highest BCUT2D eigenvalue weighted by atomic mass is 32.2. The summed E-state index contributed by atoms with van der Waals surface area (Å²) in [6, 6.07) is 13.5. The van der Waals surface area contributed by atoms with E-state index in [-0.39, 0.29) is 11.8 Å². The van der Waals surface area contributed by atoms with Crippen LogP contribution in [0.4, 0.5) is 5.69 Å². The van der Waals surface area contributed by atoms with Crippen molar-refractivity contribution in [2.75, 3.05) is 31.4 Å². The first-order chi connectivity index (χ1) is 14.6. The molecule has 1 aromatic heterocycles. The van der Waals surface area contributed by atoms with E-state index in [1.54, 1.807) is 23.8 Å². The number of rotatable bonds is 7. The van der Waals surface area contributed by atoms with Crippen molar-refractivity contribution >= 4 is 23.4 Å². The van der Waals surface area contributed by atoms with Crippen LogP contribution in [-0.4, -0.2) is 42.6 Å². The smallest absolute Gasteiger partial charge is 0.232 e. The molecule has 1 aliphatic rings. The van der Waals surface area contributed by atoms with E-state index in [0.717, 1.165) is 16.1 Å². The quantitative estimate of drug-likeness (QED) is 0.520. The van der Waals surface area contributed by atoms with Crippen molar-refractivity contribution in [2.24, 2.45) is 0 Å². The molecule has 1 amide bonds. The number of hydrogen-bond donors (Lipinski definition) is 0. The lowest BCUT2D eigenvalue weighted by atomic mass is 10.1. The minimum Gasteiger partial charge on any atom is -0.493 e. The standard InChI is InChI=1S/C22H23N3O4S/c1-4-28-18-9-8-14(10-19(18)27-2)21-23-22(29-24-21)15-11-20(26)25(13-15)16-6-5-7-17(12-16)30-3/h5-10,12,15H,4,11,13H2,1-3H3. The van der Waals surface area contributed by atoms with Crippen molar-refractivity contribution in [3.8, 4) is 22.9 Å². The van der Waals surface area contributed by atoms with Gasteiger partial charge in [-0.25, -0.2) is 0 Å². The van der Waals surface area contributed by atoms with Gasteiger partial charge in [-0.15, -0.1) is 11.8 Å². The number of nitrogens with zero attached hydrogens (tertiary/aromatic N) is 3. The van der Waals surface area contributed by atoms with Crippen LogP contribution in [0.15, 0.2) is 51.9 Å². The molecule has 1 fully saturated rings. The maximum atomic E-state index is 12.6. The molecular weight excluding hydrogens is 402 g/mol. The van der Waals surface area contributed by atoms with Crippen molar-refractivity contribution in [3.63, 3.8) is 0 Å². The zero-order chi connectivity index (χ0) is 21.1. The fourth-order valence-electron chi connectivity index (χ4n) is 3.50. The summed E-state index contributed by atoms with van der Waals surface area (Å²) in [5.41, 5.74) is 1.66. The Labute approximate surface area is 179 Å². The Kier molecular flexibility index (Phi) is 5.94. The van der Waals surface area contributed by atoms with Gasteiger partial charge < -0.3 is 18.9 Å². The summed E-state index contributed by atoms with van der Waals surface area (Å²) in [5, 5.41) is 4.12. The Morgan fingerprint density at radius 1 is 1.23 bits per heavy atom. The van der Waals surface area contributed by atoms with Gasteiger partial charge in [0.2, 0.25) is 17.6 Å². The number of aromatic nitrogens is 2. The van der Waals surface area contributed by atoms with Gasteiger partial charge in [0.05, 0.1) is 19.6 Å². The van der Waals surface area contributed by atoms with Crippen LogP contribution in [0.1, 0.15) is 25.2 Å². The topological polar surface area (TPSA) is 77.7 Å². The monoisotopic (exact) mass is 425 g/mol. The van der Waals surface area contributed by atoms with Gasteiger partial charge >= 0.3 is 0 Å². The molecule has 7 nitrogen and oxygen atoms in total. The summed E-state index contributed by atoms with van der Waals surface area (Å²) in [6.07, 6.45) is 2.36. The lowest BCUT2D eigenvalue weighted by molar-refractivity contribution is -0.117. The Morgan fingerprint density at radius 3 is 2.87 bits per heavy atom. The molecular formula is C22H23N3O4S. The SMILES string of the molecule is CCOc1ccc(-c2noc(C3CC(=O)N(c4cccc(SC)c4)C3)n2)cc1OC. The minimum absolute atomic E-state index is 0.0562. The van der Waals surface area contributed by atoms with Gasteiger partial charge in [0.25, 0.3) is 0 Å². The molecule has 1 aliphatic heterocycles. The van der Waals surface area contributed by atoms with Gasteiger partial charge in [-0.2, -0.15) is 4.98 Å². The number of hydrogen-bond acceptors (Lipinski definition) is 7. The number of anilines is 1. The summed E-state index contributed by atoms with van der Waals surface area (Å²) >= 11 is 1.65. The Morgan fingerprint density at radius 2 is 2.10 bits per heavy atom. The van der Waals surface area contributed by atoms with Gasteiger partial charge in [-0.05, 0) is 49.6 Å². The molecule has 2 heterocycles. The van der Waals surface area contributed by atoms with Crippen LogP contribution < -0.4 is 14.4 Å². The van der Waals surface area contributed by atoms with E-state index in [2.05, 4.69) is 10.1 Å². The molecule has 0 spiro atoms. The summed E-state index contributed by atoms with van der Waals surface area (Å²) in [6.45, 7) is 2.99. The van der Waals surface area contributed by atoms with Crippen molar-refractivity contribution < 1.29 is 18.8 Å². The maximum Gasteiger partial charge on any atom is 0.232 e. The van der Waals surface area contributed by atoms with Crippen LogP contribution in [0.3, 0.4) is 0 Å². The largest absolute Gasteiger partial charge is 0.493 e. The first-order valence-corrected chi connectivity index (χ1v) is 10.9. The number of thioether (sulfide) groups is 1. The molecule has 1 saturated heterocycles. The molecule has 30 heavy (non-hydrogen) atoms. The number of ether oxygens (including phenoxy) is 2. The van der Waals surface area contributed by atoms with Crippen LogP contribution in [0.5, 0.6) is 11.5 Å². The number of benzene rings is 2. The van der Waals surface area contributed by atoms with E-state index in [1.165, 1.54) is 0 Å². The van der Waals surface area contributed by atoms with Crippen LogP contribution in [0, 0.1) is 0 Å². The van der Waals surface area contributed by atoms with Crippen LogP contribution >= 0.6 is 11.8 Å². The second kappa shape index (κ2) is 8.79. The fourth-order valence-corrected chi connectivity index (χ4v) is 3.95. The normalized spacial score (nSPS) is 16.2. The molecule has 0 radical (unpaired) electrons. The van der Waals surface area contributed by atoms with E-state index in [9.17, 15) is 4.79 Å². The Bertz CT molecular complexity index is 1050. The zero-order valence-electron chi connectivity index (χ0n) is 17.1. The van der Waals surface area contributed by atoms with Crippen LogP contribution in [-0.2, 0) is 4.79 Å².